The lowest BCUT2D eigenvalue weighted by molar-refractivity contribution is 0.0468. The smallest absolute Gasteiger partial charge is 0.338 e. The van der Waals surface area contributed by atoms with E-state index in [4.69, 9.17) is 9.47 Å². The van der Waals surface area contributed by atoms with Crippen molar-refractivity contribution in [3.63, 3.8) is 0 Å². The lowest BCUT2D eigenvalue weighted by atomic mass is 10.2. The summed E-state index contributed by atoms with van der Waals surface area (Å²) in [5.74, 6) is 0.424. The van der Waals surface area contributed by atoms with Crippen LogP contribution in [0.2, 0.25) is 0 Å². The van der Waals surface area contributed by atoms with E-state index < -0.39 is 0 Å². The Balaban J connectivity index is 1.68. The Morgan fingerprint density at radius 3 is 2.67 bits per heavy atom. The van der Waals surface area contributed by atoms with Crippen molar-refractivity contribution in [1.82, 2.24) is 4.98 Å². The molecule has 6 heteroatoms. The van der Waals surface area contributed by atoms with E-state index in [0.29, 0.717) is 5.56 Å². The minimum Gasteiger partial charge on any atom is -0.496 e. The highest BCUT2D eigenvalue weighted by molar-refractivity contribution is 14.1. The number of hydrogen-bond acceptors (Lipinski definition) is 5. The molecule has 24 heavy (non-hydrogen) atoms. The molecule has 0 radical (unpaired) electrons. The summed E-state index contributed by atoms with van der Waals surface area (Å²) in [4.78, 5) is 16.6. The fraction of sp³-hybridized carbons (Fsp3) is 0.111. The summed E-state index contributed by atoms with van der Waals surface area (Å²) in [6.45, 7) is 0.149. The Morgan fingerprint density at radius 1 is 1.17 bits per heavy atom. The lowest BCUT2D eigenvalue weighted by Crippen LogP contribution is -2.05. The maximum atomic E-state index is 12.0. The molecular weight excluding hydrogens is 437 g/mol. The minimum atomic E-state index is -0.349. The van der Waals surface area contributed by atoms with Crippen LogP contribution in [0.4, 0.5) is 0 Å². The van der Waals surface area contributed by atoms with Crippen molar-refractivity contribution in [3.8, 4) is 16.3 Å². The number of carbonyl (C=O) groups is 1. The predicted molar refractivity (Wildman–Crippen MR) is 102 cm³/mol. The highest BCUT2D eigenvalue weighted by atomic mass is 127. The van der Waals surface area contributed by atoms with Gasteiger partial charge < -0.3 is 9.47 Å². The van der Waals surface area contributed by atoms with Gasteiger partial charge in [-0.15, -0.1) is 11.3 Å². The van der Waals surface area contributed by atoms with E-state index in [0.717, 1.165) is 25.6 Å². The van der Waals surface area contributed by atoms with Crippen molar-refractivity contribution in [3.05, 3.63) is 68.7 Å². The van der Waals surface area contributed by atoms with Crippen LogP contribution in [0.25, 0.3) is 10.6 Å². The summed E-state index contributed by atoms with van der Waals surface area (Å²) in [5, 5.41) is 2.73. The maximum Gasteiger partial charge on any atom is 0.338 e. The van der Waals surface area contributed by atoms with Gasteiger partial charge in [-0.3, -0.25) is 0 Å². The van der Waals surface area contributed by atoms with Crippen LogP contribution in [0.15, 0.2) is 53.9 Å². The van der Waals surface area contributed by atoms with Gasteiger partial charge in [-0.25, -0.2) is 9.78 Å². The van der Waals surface area contributed by atoms with Gasteiger partial charge in [-0.2, -0.15) is 0 Å². The largest absolute Gasteiger partial charge is 0.496 e. The third kappa shape index (κ3) is 3.93. The van der Waals surface area contributed by atoms with Gasteiger partial charge >= 0.3 is 5.97 Å². The van der Waals surface area contributed by atoms with Crippen molar-refractivity contribution in [2.24, 2.45) is 0 Å². The molecule has 2 aromatic carbocycles. The Bertz CT molecular complexity index is 845. The number of aromatic nitrogens is 1. The van der Waals surface area contributed by atoms with Crippen molar-refractivity contribution in [2.75, 3.05) is 7.11 Å². The first-order valence-electron chi connectivity index (χ1n) is 7.18. The van der Waals surface area contributed by atoms with Crippen LogP contribution in [-0.2, 0) is 11.3 Å². The Hall–Kier alpha value is -1.93. The third-order valence-corrected chi connectivity index (χ3v) is 4.96. The zero-order valence-electron chi connectivity index (χ0n) is 12.9. The number of ether oxygens (including phenoxy) is 2. The van der Waals surface area contributed by atoms with Gasteiger partial charge in [0.25, 0.3) is 0 Å². The first kappa shape index (κ1) is 16.9. The molecule has 4 nitrogen and oxygen atoms in total. The summed E-state index contributed by atoms with van der Waals surface area (Å²) >= 11 is 3.69. The molecule has 0 aliphatic rings. The summed E-state index contributed by atoms with van der Waals surface area (Å²) in [6, 6.07) is 15.0. The SMILES string of the molecule is COc1ccccc1-c1nc(COC(=O)c2ccc(I)cc2)cs1. The van der Waals surface area contributed by atoms with Gasteiger partial charge in [0.2, 0.25) is 0 Å². The number of esters is 1. The molecule has 0 atom stereocenters. The molecule has 0 aliphatic carbocycles. The van der Waals surface area contributed by atoms with E-state index in [2.05, 4.69) is 27.6 Å². The first-order valence-corrected chi connectivity index (χ1v) is 9.13. The molecule has 3 aromatic rings. The van der Waals surface area contributed by atoms with E-state index >= 15 is 0 Å². The van der Waals surface area contributed by atoms with E-state index in [9.17, 15) is 4.79 Å². The molecule has 0 unspecified atom stereocenters. The number of hydrogen-bond donors (Lipinski definition) is 0. The summed E-state index contributed by atoms with van der Waals surface area (Å²) in [6.07, 6.45) is 0. The number of para-hydroxylation sites is 1. The Kier molecular flexibility index (Phi) is 5.47. The highest BCUT2D eigenvalue weighted by Gasteiger charge is 2.12. The third-order valence-electron chi connectivity index (χ3n) is 3.32. The molecule has 1 aromatic heterocycles. The molecular formula is C18H14INO3S. The van der Waals surface area contributed by atoms with Gasteiger partial charge in [0.15, 0.2) is 0 Å². The highest BCUT2D eigenvalue weighted by Crippen LogP contribution is 2.32. The number of halogens is 1. The molecule has 122 valence electrons. The zero-order valence-corrected chi connectivity index (χ0v) is 15.8. The topological polar surface area (TPSA) is 48.4 Å². The second kappa shape index (κ2) is 7.76. The fourth-order valence-electron chi connectivity index (χ4n) is 2.13. The van der Waals surface area contributed by atoms with Gasteiger partial charge in [0.05, 0.1) is 23.9 Å². The van der Waals surface area contributed by atoms with Crippen molar-refractivity contribution in [2.45, 2.75) is 6.61 Å². The number of thiazole rings is 1. The molecule has 0 aliphatic heterocycles. The van der Waals surface area contributed by atoms with Gasteiger partial charge in [-0.05, 0) is 59.0 Å². The molecule has 0 spiro atoms. The number of rotatable bonds is 5. The van der Waals surface area contributed by atoms with E-state index in [1.807, 2.05) is 41.8 Å². The molecule has 0 fully saturated rings. The van der Waals surface area contributed by atoms with Crippen molar-refractivity contribution < 1.29 is 14.3 Å². The standard InChI is InChI=1S/C18H14INO3S/c1-22-16-5-3-2-4-15(16)17-20-14(11-24-17)10-23-18(21)12-6-8-13(19)9-7-12/h2-9,11H,10H2,1H3. The quantitative estimate of drug-likeness (QED) is 0.414. The minimum absolute atomic E-state index is 0.149. The number of benzene rings is 2. The number of carbonyl (C=O) groups excluding carboxylic acids is 1. The van der Waals surface area contributed by atoms with E-state index in [1.165, 1.54) is 11.3 Å². The Morgan fingerprint density at radius 2 is 1.92 bits per heavy atom. The van der Waals surface area contributed by atoms with Gasteiger partial charge in [-0.1, -0.05) is 12.1 Å². The van der Waals surface area contributed by atoms with Crippen LogP contribution in [0, 0.1) is 3.57 Å². The predicted octanol–water partition coefficient (Wildman–Crippen LogP) is 4.78. The van der Waals surface area contributed by atoms with Crippen LogP contribution in [0.1, 0.15) is 16.1 Å². The van der Waals surface area contributed by atoms with Gasteiger partial charge in [0.1, 0.15) is 17.4 Å². The summed E-state index contributed by atoms with van der Waals surface area (Å²) in [5.41, 5.74) is 2.19. The fourth-order valence-corrected chi connectivity index (χ4v) is 3.32. The molecule has 0 bridgehead atoms. The number of methoxy groups -OCH3 is 1. The zero-order chi connectivity index (χ0) is 16.9. The second-order valence-electron chi connectivity index (χ2n) is 4.93. The molecule has 0 saturated carbocycles. The molecule has 3 rings (SSSR count). The van der Waals surface area contributed by atoms with Crippen LogP contribution < -0.4 is 4.74 Å². The van der Waals surface area contributed by atoms with E-state index in [1.54, 1.807) is 19.2 Å². The summed E-state index contributed by atoms with van der Waals surface area (Å²) < 4.78 is 11.8. The van der Waals surface area contributed by atoms with Crippen LogP contribution in [-0.4, -0.2) is 18.1 Å². The van der Waals surface area contributed by atoms with Crippen LogP contribution in [0.3, 0.4) is 0 Å². The van der Waals surface area contributed by atoms with E-state index in [-0.39, 0.29) is 12.6 Å². The normalized spacial score (nSPS) is 10.4. The molecule has 1 heterocycles. The molecule has 0 N–H and O–H groups in total. The maximum absolute atomic E-state index is 12.0. The monoisotopic (exact) mass is 451 g/mol. The number of nitrogens with zero attached hydrogens (tertiary/aromatic N) is 1. The summed E-state index contributed by atoms with van der Waals surface area (Å²) in [7, 11) is 1.64. The lowest BCUT2D eigenvalue weighted by Gasteiger charge is -2.05. The van der Waals surface area contributed by atoms with Crippen molar-refractivity contribution >= 4 is 39.9 Å². The average Bonchev–Trinajstić information content (AvgIpc) is 3.09. The molecule has 0 saturated heterocycles. The van der Waals surface area contributed by atoms with Crippen LogP contribution in [0.5, 0.6) is 5.75 Å². The average molecular weight is 451 g/mol. The van der Waals surface area contributed by atoms with Gasteiger partial charge in [0, 0.05) is 8.95 Å². The molecule has 0 amide bonds. The first-order chi connectivity index (χ1) is 11.7. The Labute approximate surface area is 157 Å². The van der Waals surface area contributed by atoms with Crippen LogP contribution >= 0.6 is 33.9 Å². The second-order valence-corrected chi connectivity index (χ2v) is 7.03. The van der Waals surface area contributed by atoms with Crippen molar-refractivity contribution in [1.29, 1.82) is 0 Å².